The number of anilines is 2. The number of hydrogen-bond acceptors (Lipinski definition) is 6. The van der Waals surface area contributed by atoms with Crippen LogP contribution in [0.5, 0.6) is 0 Å². The Morgan fingerprint density at radius 2 is 1.80 bits per heavy atom. The van der Waals surface area contributed by atoms with Crippen LogP contribution in [0.2, 0.25) is 10.0 Å². The van der Waals surface area contributed by atoms with Crippen LogP contribution in [-0.4, -0.2) is 24.8 Å². The lowest BCUT2D eigenvalue weighted by atomic mass is 10.1. The highest BCUT2D eigenvalue weighted by atomic mass is 35.5. The van der Waals surface area contributed by atoms with E-state index < -0.39 is 0 Å². The van der Waals surface area contributed by atoms with Gasteiger partial charge in [-0.1, -0.05) is 53.0 Å². The first-order valence-corrected chi connectivity index (χ1v) is 10.7. The van der Waals surface area contributed by atoms with Crippen molar-refractivity contribution in [2.75, 3.05) is 5.32 Å². The molecule has 5 aromatic rings. The average molecular weight is 453 g/mol. The Morgan fingerprint density at radius 3 is 2.53 bits per heavy atom. The van der Waals surface area contributed by atoms with Crippen molar-refractivity contribution in [1.29, 1.82) is 0 Å². The molecule has 3 aromatic heterocycles. The van der Waals surface area contributed by atoms with Crippen LogP contribution in [0.4, 0.5) is 11.8 Å². The van der Waals surface area contributed by atoms with Crippen molar-refractivity contribution in [3.8, 4) is 22.5 Å². The van der Waals surface area contributed by atoms with E-state index in [2.05, 4.69) is 44.7 Å². The number of nitrogens with one attached hydrogen (secondary N) is 1. The van der Waals surface area contributed by atoms with Gasteiger partial charge in [-0.3, -0.25) is 0 Å². The largest absolute Gasteiger partial charge is 0.306 e. The predicted octanol–water partition coefficient (Wildman–Crippen LogP) is 6.27. The van der Waals surface area contributed by atoms with Gasteiger partial charge in [0.1, 0.15) is 0 Å². The summed E-state index contributed by atoms with van der Waals surface area (Å²) in [6.07, 6.45) is 0. The Kier molecular flexibility index (Phi) is 4.86. The minimum absolute atomic E-state index is 0.436. The van der Waals surface area contributed by atoms with Crippen LogP contribution >= 0.6 is 34.5 Å². The monoisotopic (exact) mass is 452 g/mol. The molecule has 3 heterocycles. The molecule has 0 saturated carbocycles. The molecule has 1 N–H and O–H groups in total. The first-order chi connectivity index (χ1) is 14.6. The summed E-state index contributed by atoms with van der Waals surface area (Å²) in [5, 5.41) is 19.3. The highest BCUT2D eigenvalue weighted by molar-refractivity contribution is 7.15. The lowest BCUT2D eigenvalue weighted by Crippen LogP contribution is -1.98. The summed E-state index contributed by atoms with van der Waals surface area (Å²) in [6, 6.07) is 17.3. The van der Waals surface area contributed by atoms with Crippen molar-refractivity contribution >= 4 is 51.3 Å². The molecule has 0 atom stereocenters. The molecule has 0 fully saturated rings. The summed E-state index contributed by atoms with van der Waals surface area (Å²) in [5.74, 6) is 1.00. The van der Waals surface area contributed by atoms with E-state index in [4.69, 9.17) is 23.2 Å². The molecule has 9 heteroatoms. The summed E-state index contributed by atoms with van der Waals surface area (Å²) in [4.78, 5) is 5.25. The van der Waals surface area contributed by atoms with Gasteiger partial charge in [0.2, 0.25) is 10.9 Å². The van der Waals surface area contributed by atoms with E-state index >= 15 is 0 Å². The standard InChI is InChI=1S/C21H14Cl2N6S/c1-12-2-4-13(5-3-12)17-8-9-19(27-26-17)24-20-25-21-29(28-20)18(11-30-21)15-7-6-14(22)10-16(15)23/h2-11H,1H3,(H,24,27,28). The second-order valence-corrected chi connectivity index (χ2v) is 8.35. The number of halogens is 2. The second kappa shape index (κ2) is 7.68. The Hall–Kier alpha value is -3.00. The van der Waals surface area contributed by atoms with Crippen LogP contribution in [0.25, 0.3) is 27.5 Å². The first-order valence-electron chi connectivity index (χ1n) is 9.04. The third kappa shape index (κ3) is 3.63. The maximum absolute atomic E-state index is 6.36. The quantitative estimate of drug-likeness (QED) is 0.347. The predicted molar refractivity (Wildman–Crippen MR) is 122 cm³/mol. The molecule has 0 spiro atoms. The van der Waals surface area contributed by atoms with Crippen molar-refractivity contribution < 1.29 is 0 Å². The van der Waals surface area contributed by atoms with E-state index in [-0.39, 0.29) is 0 Å². The molecule has 0 unspecified atom stereocenters. The Morgan fingerprint density at radius 1 is 0.967 bits per heavy atom. The zero-order chi connectivity index (χ0) is 20.7. The fraction of sp³-hybridized carbons (Fsp3) is 0.0476. The molecule has 0 aliphatic rings. The fourth-order valence-corrected chi connectivity index (χ4v) is 4.34. The van der Waals surface area contributed by atoms with Gasteiger partial charge in [-0.25, -0.2) is 4.52 Å². The van der Waals surface area contributed by atoms with Gasteiger partial charge >= 0.3 is 0 Å². The van der Waals surface area contributed by atoms with Crippen LogP contribution in [0.15, 0.2) is 60.0 Å². The van der Waals surface area contributed by atoms with Gasteiger partial charge in [0.25, 0.3) is 0 Å². The van der Waals surface area contributed by atoms with Crippen LogP contribution in [0.1, 0.15) is 5.56 Å². The maximum Gasteiger partial charge on any atom is 0.249 e. The Labute approximate surface area is 186 Å². The minimum atomic E-state index is 0.436. The molecular weight excluding hydrogens is 439 g/mol. The van der Waals surface area contributed by atoms with Gasteiger partial charge in [-0.15, -0.1) is 26.6 Å². The zero-order valence-corrected chi connectivity index (χ0v) is 18.0. The number of aromatic nitrogens is 5. The fourth-order valence-electron chi connectivity index (χ4n) is 3.01. The molecule has 6 nitrogen and oxygen atoms in total. The van der Waals surface area contributed by atoms with Crippen LogP contribution in [-0.2, 0) is 0 Å². The van der Waals surface area contributed by atoms with Crippen molar-refractivity contribution in [2.45, 2.75) is 6.92 Å². The second-order valence-electron chi connectivity index (χ2n) is 6.67. The Balaban J connectivity index is 1.41. The van der Waals surface area contributed by atoms with E-state index in [0.717, 1.165) is 27.5 Å². The van der Waals surface area contributed by atoms with Crippen LogP contribution in [0, 0.1) is 6.92 Å². The zero-order valence-electron chi connectivity index (χ0n) is 15.7. The topological polar surface area (TPSA) is 68.0 Å². The number of benzene rings is 2. The van der Waals surface area contributed by atoms with E-state index in [9.17, 15) is 0 Å². The van der Waals surface area contributed by atoms with Crippen molar-refractivity contribution in [1.82, 2.24) is 24.8 Å². The van der Waals surface area contributed by atoms with Crippen LogP contribution < -0.4 is 5.32 Å². The molecule has 5 rings (SSSR count). The maximum atomic E-state index is 6.36. The molecule has 0 amide bonds. The van der Waals surface area contributed by atoms with Gasteiger partial charge in [0.05, 0.1) is 16.4 Å². The summed E-state index contributed by atoms with van der Waals surface area (Å²) in [6.45, 7) is 2.05. The number of rotatable bonds is 4. The molecule has 0 saturated heterocycles. The third-order valence-corrected chi connectivity index (χ3v) is 5.90. The van der Waals surface area contributed by atoms with Crippen molar-refractivity contribution in [2.24, 2.45) is 0 Å². The van der Waals surface area contributed by atoms with Crippen LogP contribution in [0.3, 0.4) is 0 Å². The molecule has 148 valence electrons. The van der Waals surface area contributed by atoms with Crippen molar-refractivity contribution in [3.05, 3.63) is 75.6 Å². The summed E-state index contributed by atoms with van der Waals surface area (Å²) < 4.78 is 1.75. The number of nitrogens with zero attached hydrogens (tertiary/aromatic N) is 5. The summed E-state index contributed by atoms with van der Waals surface area (Å²) in [7, 11) is 0. The lowest BCUT2D eigenvalue weighted by molar-refractivity contribution is 0.980. The van der Waals surface area contributed by atoms with E-state index in [1.54, 1.807) is 16.6 Å². The molecule has 0 aliphatic carbocycles. The van der Waals surface area contributed by atoms with Gasteiger partial charge in [-0.2, -0.15) is 4.98 Å². The van der Waals surface area contributed by atoms with Gasteiger partial charge in [0, 0.05) is 21.5 Å². The SMILES string of the molecule is Cc1ccc(-c2ccc(Nc3nc4scc(-c5ccc(Cl)cc5Cl)n4n3)nn2)cc1. The average Bonchev–Trinajstić information content (AvgIpc) is 3.30. The van der Waals surface area contributed by atoms with E-state index in [1.165, 1.54) is 16.9 Å². The van der Waals surface area contributed by atoms with E-state index in [1.807, 2.05) is 35.7 Å². The first kappa shape index (κ1) is 19.0. The lowest BCUT2D eigenvalue weighted by Gasteiger charge is -2.04. The summed E-state index contributed by atoms with van der Waals surface area (Å²) in [5.41, 5.74) is 4.71. The Bertz CT molecular complexity index is 1340. The van der Waals surface area contributed by atoms with Crippen molar-refractivity contribution in [3.63, 3.8) is 0 Å². The normalized spacial score (nSPS) is 11.2. The molecule has 0 bridgehead atoms. The number of hydrogen-bond donors (Lipinski definition) is 1. The molecule has 30 heavy (non-hydrogen) atoms. The van der Waals surface area contributed by atoms with E-state index in [0.29, 0.717) is 21.8 Å². The van der Waals surface area contributed by atoms with Gasteiger partial charge in [-0.05, 0) is 37.3 Å². The molecule has 0 aliphatic heterocycles. The molecule has 2 aromatic carbocycles. The minimum Gasteiger partial charge on any atom is -0.306 e. The highest BCUT2D eigenvalue weighted by Crippen LogP contribution is 2.33. The third-order valence-electron chi connectivity index (χ3n) is 4.54. The highest BCUT2D eigenvalue weighted by Gasteiger charge is 2.14. The summed E-state index contributed by atoms with van der Waals surface area (Å²) >= 11 is 13.8. The smallest absolute Gasteiger partial charge is 0.249 e. The number of thiazole rings is 1. The van der Waals surface area contributed by atoms with Gasteiger partial charge in [0.15, 0.2) is 5.82 Å². The van der Waals surface area contributed by atoms with Gasteiger partial charge < -0.3 is 5.32 Å². The molecule has 0 radical (unpaired) electrons. The number of fused-ring (bicyclic) bond motifs is 1. The molecular formula is C21H14Cl2N6S. The number of aryl methyl sites for hydroxylation is 1.